The minimum atomic E-state index is -4.60. The maximum atomic E-state index is 13.0. The van der Waals surface area contributed by atoms with Crippen LogP contribution in [0.2, 0.25) is 0 Å². The Bertz CT molecular complexity index is 1360. The highest BCUT2D eigenvalue weighted by Gasteiger charge is 2.23. The first-order valence-electron chi connectivity index (χ1n) is 34.4. The van der Waals surface area contributed by atoms with Crippen LogP contribution in [0.15, 0.2) is 36.5 Å². The van der Waals surface area contributed by atoms with Gasteiger partial charge in [-0.25, -0.2) is 0 Å². The van der Waals surface area contributed by atoms with Gasteiger partial charge in [0.15, 0.2) is 0 Å². The number of rotatable bonds is 64. The normalized spacial score (nSPS) is 13.9. The number of likely N-dealkylation sites (N-methyl/N-ethyl adjacent to an activating group) is 1. The molecule has 0 aliphatic rings. The molecule has 0 rings (SSSR count). The molecular weight excluding hydrogens is 984 g/mol. The van der Waals surface area contributed by atoms with Gasteiger partial charge in [-0.2, -0.15) is 0 Å². The zero-order valence-corrected chi connectivity index (χ0v) is 53.8. The van der Waals surface area contributed by atoms with E-state index in [4.69, 9.17) is 9.05 Å². The van der Waals surface area contributed by atoms with Crippen LogP contribution < -0.4 is 10.2 Å². The van der Waals surface area contributed by atoms with Crippen molar-refractivity contribution < 1.29 is 32.9 Å². The second-order valence-electron chi connectivity index (χ2n) is 24.9. The van der Waals surface area contributed by atoms with Crippen molar-refractivity contribution in [2.45, 2.75) is 360 Å². The SMILES string of the molecule is CCCCCCC/C=C\C/C=C\CCCCCCCCCCCCCCCCCCCCCCCC(=O)NC(COP(=O)([O-])OCC[N+](C)(C)C)C(O)/C=C/CCCCCCCCCCCCCCCCCCCCCCC. The number of unbranched alkanes of at least 4 members (excludes halogenated alkanes) is 47. The number of aliphatic hydroxyl groups excluding tert-OH is 1. The van der Waals surface area contributed by atoms with Crippen LogP contribution in [0, 0.1) is 0 Å². The number of aliphatic hydroxyl groups is 1. The Hall–Kier alpha value is -1.28. The summed E-state index contributed by atoms with van der Waals surface area (Å²) in [5, 5.41) is 14.0. The lowest BCUT2D eigenvalue weighted by Crippen LogP contribution is -2.45. The van der Waals surface area contributed by atoms with Crippen molar-refractivity contribution in [3.8, 4) is 0 Å². The third kappa shape index (κ3) is 62.3. The fourth-order valence-electron chi connectivity index (χ4n) is 10.5. The smallest absolute Gasteiger partial charge is 0.268 e. The quantitative estimate of drug-likeness (QED) is 0.0272. The minimum absolute atomic E-state index is 0.00123. The molecule has 78 heavy (non-hydrogen) atoms. The molecule has 0 aromatic heterocycles. The van der Waals surface area contributed by atoms with Crippen molar-refractivity contribution in [1.29, 1.82) is 0 Å². The Balaban J connectivity index is 4.03. The second-order valence-corrected chi connectivity index (χ2v) is 26.3. The zero-order chi connectivity index (χ0) is 57.0. The Labute approximate surface area is 487 Å². The van der Waals surface area contributed by atoms with E-state index in [0.29, 0.717) is 17.4 Å². The van der Waals surface area contributed by atoms with Gasteiger partial charge in [0.2, 0.25) is 5.91 Å². The van der Waals surface area contributed by atoms with Gasteiger partial charge in [0.1, 0.15) is 13.2 Å². The molecule has 0 aliphatic heterocycles. The zero-order valence-electron chi connectivity index (χ0n) is 52.9. The van der Waals surface area contributed by atoms with Crippen molar-refractivity contribution in [3.63, 3.8) is 0 Å². The van der Waals surface area contributed by atoms with Crippen molar-refractivity contribution in [3.05, 3.63) is 36.5 Å². The maximum Gasteiger partial charge on any atom is 0.268 e. The summed E-state index contributed by atoms with van der Waals surface area (Å²) in [7, 11) is 1.28. The van der Waals surface area contributed by atoms with E-state index in [2.05, 4.69) is 43.5 Å². The number of nitrogens with zero attached hydrogens (tertiary/aromatic N) is 1. The lowest BCUT2D eigenvalue weighted by Gasteiger charge is -2.29. The first kappa shape index (κ1) is 76.7. The summed E-state index contributed by atoms with van der Waals surface area (Å²) in [6.07, 6.45) is 79.7. The molecular formula is C69H135N2O6P. The molecule has 0 fully saturated rings. The minimum Gasteiger partial charge on any atom is -0.756 e. The number of phosphoric acid groups is 1. The molecule has 0 spiro atoms. The number of carbonyl (C=O) groups is 1. The summed E-state index contributed by atoms with van der Waals surface area (Å²) in [5.41, 5.74) is 0. The van der Waals surface area contributed by atoms with Crippen molar-refractivity contribution in [1.82, 2.24) is 5.32 Å². The highest BCUT2D eigenvalue weighted by Crippen LogP contribution is 2.38. The average Bonchev–Trinajstić information content (AvgIpc) is 3.41. The van der Waals surface area contributed by atoms with E-state index >= 15 is 0 Å². The molecule has 0 aromatic rings. The number of nitrogens with one attached hydrogen (secondary N) is 1. The van der Waals surface area contributed by atoms with Gasteiger partial charge in [0.25, 0.3) is 7.82 Å². The predicted molar refractivity (Wildman–Crippen MR) is 339 cm³/mol. The molecule has 0 bridgehead atoms. The fourth-order valence-corrected chi connectivity index (χ4v) is 11.2. The van der Waals surface area contributed by atoms with Gasteiger partial charge in [-0.15, -0.1) is 0 Å². The van der Waals surface area contributed by atoms with Crippen LogP contribution in [0.3, 0.4) is 0 Å². The topological polar surface area (TPSA) is 108 Å². The Morgan fingerprint density at radius 3 is 1.06 bits per heavy atom. The van der Waals surface area contributed by atoms with Gasteiger partial charge in [-0.05, 0) is 51.4 Å². The molecule has 0 aliphatic carbocycles. The Morgan fingerprint density at radius 1 is 0.449 bits per heavy atom. The van der Waals surface area contributed by atoms with E-state index < -0.39 is 20.0 Å². The van der Waals surface area contributed by atoms with Crippen LogP contribution in [0.5, 0.6) is 0 Å². The van der Waals surface area contributed by atoms with Gasteiger partial charge in [-0.3, -0.25) is 9.36 Å². The summed E-state index contributed by atoms with van der Waals surface area (Å²) in [4.78, 5) is 25.6. The number of quaternary nitrogens is 1. The fraction of sp³-hybridized carbons (Fsp3) is 0.899. The van der Waals surface area contributed by atoms with E-state index in [-0.39, 0.29) is 19.1 Å². The van der Waals surface area contributed by atoms with Crippen LogP contribution in [0.25, 0.3) is 0 Å². The van der Waals surface area contributed by atoms with Gasteiger partial charge >= 0.3 is 0 Å². The summed E-state index contributed by atoms with van der Waals surface area (Å²) in [6, 6.07) is -0.886. The number of carbonyl (C=O) groups excluding carboxylic acids is 1. The summed E-state index contributed by atoms with van der Waals surface area (Å²) >= 11 is 0. The molecule has 3 atom stereocenters. The molecule has 1 amide bonds. The van der Waals surface area contributed by atoms with Gasteiger partial charge < -0.3 is 28.8 Å². The number of hydrogen-bond donors (Lipinski definition) is 2. The lowest BCUT2D eigenvalue weighted by atomic mass is 10.0. The first-order valence-corrected chi connectivity index (χ1v) is 35.8. The first-order chi connectivity index (χ1) is 38.0. The van der Waals surface area contributed by atoms with Crippen LogP contribution in [0.4, 0.5) is 0 Å². The van der Waals surface area contributed by atoms with E-state index in [1.165, 1.54) is 283 Å². The molecule has 3 unspecified atom stereocenters. The van der Waals surface area contributed by atoms with Gasteiger partial charge in [0, 0.05) is 6.42 Å². The van der Waals surface area contributed by atoms with Crippen molar-refractivity contribution >= 4 is 13.7 Å². The van der Waals surface area contributed by atoms with Crippen LogP contribution >= 0.6 is 7.82 Å². The average molecular weight is 1120 g/mol. The number of hydrogen-bond acceptors (Lipinski definition) is 6. The van der Waals surface area contributed by atoms with Gasteiger partial charge in [-0.1, -0.05) is 326 Å². The van der Waals surface area contributed by atoms with E-state index in [1.54, 1.807) is 6.08 Å². The van der Waals surface area contributed by atoms with Crippen molar-refractivity contribution in [2.75, 3.05) is 40.9 Å². The molecule has 9 heteroatoms. The summed E-state index contributed by atoms with van der Waals surface area (Å²) in [6.45, 7) is 4.69. The number of allylic oxidation sites excluding steroid dienone is 5. The molecule has 0 saturated carbocycles. The lowest BCUT2D eigenvalue weighted by molar-refractivity contribution is -0.870. The number of amides is 1. The second kappa shape index (κ2) is 60.3. The molecule has 2 N–H and O–H groups in total. The third-order valence-corrected chi connectivity index (χ3v) is 16.8. The molecule has 0 saturated heterocycles. The molecule has 0 heterocycles. The summed E-state index contributed by atoms with van der Waals surface area (Å²) < 4.78 is 23.4. The number of phosphoric ester groups is 1. The summed E-state index contributed by atoms with van der Waals surface area (Å²) in [5.74, 6) is -0.190. The molecule has 8 nitrogen and oxygen atoms in total. The van der Waals surface area contributed by atoms with Gasteiger partial charge in [0.05, 0.1) is 39.9 Å². The standard InChI is InChI=1S/C69H135N2O6P/c1-6-8-10-12-14-16-18-20-22-24-26-28-30-31-32-33-34-35-36-37-38-39-41-43-45-47-49-51-53-55-57-59-61-63-69(73)70-67(66-77-78(74,75)76-65-64-71(3,4)5)68(72)62-60-58-56-54-52-50-48-46-44-42-40-29-27-25-23-21-19-17-15-13-11-9-7-2/h18,20,24,26,60,62,67-68,72H,6-17,19,21-23,25,27-59,61,63-66H2,1-5H3,(H-,70,73,74,75)/b20-18-,26-24-,62-60+. The maximum absolute atomic E-state index is 13.0. The Morgan fingerprint density at radius 2 is 0.744 bits per heavy atom. The van der Waals surface area contributed by atoms with E-state index in [1.807, 2.05) is 27.2 Å². The highest BCUT2D eigenvalue weighted by molar-refractivity contribution is 7.45. The third-order valence-electron chi connectivity index (χ3n) is 15.8. The Kier molecular flexibility index (Phi) is 59.3. The van der Waals surface area contributed by atoms with E-state index in [9.17, 15) is 19.4 Å². The van der Waals surface area contributed by atoms with Crippen LogP contribution in [-0.4, -0.2) is 68.5 Å². The highest BCUT2D eigenvalue weighted by atomic mass is 31.2. The monoisotopic (exact) mass is 1120 g/mol. The van der Waals surface area contributed by atoms with Crippen molar-refractivity contribution in [2.24, 2.45) is 0 Å². The van der Waals surface area contributed by atoms with E-state index in [0.717, 1.165) is 44.9 Å². The van der Waals surface area contributed by atoms with Crippen LogP contribution in [-0.2, 0) is 18.4 Å². The molecule has 0 aromatic carbocycles. The molecule has 0 radical (unpaired) electrons. The molecule has 462 valence electrons. The van der Waals surface area contributed by atoms with Crippen LogP contribution in [0.1, 0.15) is 348 Å². The predicted octanol–water partition coefficient (Wildman–Crippen LogP) is 21.0. The largest absolute Gasteiger partial charge is 0.756 e.